The average Bonchev–Trinajstić information content (AvgIpc) is 3.33. The van der Waals surface area contributed by atoms with Crippen molar-refractivity contribution in [2.75, 3.05) is 18.0 Å². The molecule has 5 heterocycles. The Morgan fingerprint density at radius 1 is 1.10 bits per heavy atom. The number of nitrogens with zero attached hydrogens (tertiary/aromatic N) is 7. The summed E-state index contributed by atoms with van der Waals surface area (Å²) in [6, 6.07) is 1.74. The van der Waals surface area contributed by atoms with Gasteiger partial charge in [0.1, 0.15) is 16.1 Å². The summed E-state index contributed by atoms with van der Waals surface area (Å²) >= 11 is 7.83. The van der Waals surface area contributed by atoms with Crippen molar-refractivity contribution >= 4 is 44.8 Å². The van der Waals surface area contributed by atoms with E-state index in [2.05, 4.69) is 30.0 Å². The van der Waals surface area contributed by atoms with Crippen molar-refractivity contribution in [1.82, 2.24) is 29.9 Å². The molecule has 1 saturated heterocycles. The monoisotopic (exact) mass is 425 g/mol. The fraction of sp³-hybridized carbons (Fsp3) is 0.263. The van der Waals surface area contributed by atoms with Crippen molar-refractivity contribution in [1.29, 1.82) is 0 Å². The molecule has 5 rings (SSSR count). The number of Topliss-reactive ketones (excluding diaryl/α,β-unsaturated/α-hetero) is 1. The Bertz CT molecular complexity index is 1190. The standard InChI is InChI=1S/C19H16ClN7OS/c20-15-7-12(9-21-18(15)27-24-2-3-25-27)6-14(28)8-13-10-22-19-16(23-11-29-19)17(13)26-4-1-5-26/h2-3,7,9-11H,1,4-6,8H2. The Hall–Kier alpha value is -2.91. The fourth-order valence-electron chi connectivity index (χ4n) is 3.41. The molecule has 0 radical (unpaired) electrons. The molecule has 146 valence electrons. The molecular weight excluding hydrogens is 410 g/mol. The van der Waals surface area contributed by atoms with E-state index in [1.54, 1.807) is 30.2 Å². The normalized spacial score (nSPS) is 13.6. The first kappa shape index (κ1) is 18.1. The van der Waals surface area contributed by atoms with Gasteiger partial charge in [0.05, 0.1) is 28.6 Å². The first-order chi connectivity index (χ1) is 14.2. The van der Waals surface area contributed by atoms with Gasteiger partial charge in [-0.3, -0.25) is 4.79 Å². The summed E-state index contributed by atoms with van der Waals surface area (Å²) in [5, 5.41) is 8.46. The maximum Gasteiger partial charge on any atom is 0.193 e. The zero-order valence-corrected chi connectivity index (χ0v) is 16.9. The summed E-state index contributed by atoms with van der Waals surface area (Å²) in [4.78, 5) is 30.6. The first-order valence-corrected chi connectivity index (χ1v) is 10.4. The summed E-state index contributed by atoms with van der Waals surface area (Å²) in [6.45, 7) is 1.97. The van der Waals surface area contributed by atoms with E-state index >= 15 is 0 Å². The van der Waals surface area contributed by atoms with E-state index in [1.165, 1.54) is 16.1 Å². The van der Waals surface area contributed by atoms with E-state index in [-0.39, 0.29) is 12.2 Å². The lowest BCUT2D eigenvalue weighted by Gasteiger charge is -2.34. The van der Waals surface area contributed by atoms with Gasteiger partial charge in [0, 0.05) is 43.9 Å². The third kappa shape index (κ3) is 3.47. The molecule has 1 aliphatic heterocycles. The van der Waals surface area contributed by atoms with Crippen LogP contribution in [0, 0.1) is 0 Å². The molecular formula is C19H16ClN7OS. The summed E-state index contributed by atoms with van der Waals surface area (Å²) < 4.78 is 0. The minimum absolute atomic E-state index is 0.0750. The van der Waals surface area contributed by atoms with Gasteiger partial charge in [0.15, 0.2) is 5.82 Å². The van der Waals surface area contributed by atoms with Gasteiger partial charge in [-0.25, -0.2) is 15.0 Å². The highest BCUT2D eigenvalue weighted by Crippen LogP contribution is 2.33. The number of halogens is 1. The lowest BCUT2D eigenvalue weighted by molar-refractivity contribution is -0.117. The number of carbonyl (C=O) groups excluding carboxylic acids is 1. The molecule has 4 aromatic heterocycles. The van der Waals surface area contributed by atoms with E-state index in [0.29, 0.717) is 17.3 Å². The molecule has 0 aliphatic carbocycles. The van der Waals surface area contributed by atoms with Crippen LogP contribution in [0.3, 0.4) is 0 Å². The average molecular weight is 426 g/mol. The second-order valence-corrected chi connectivity index (χ2v) is 8.08. The number of anilines is 1. The van der Waals surface area contributed by atoms with Crippen molar-refractivity contribution < 1.29 is 4.79 Å². The van der Waals surface area contributed by atoms with Crippen molar-refractivity contribution in [3.8, 4) is 5.82 Å². The number of carbonyl (C=O) groups is 1. The topological polar surface area (TPSA) is 89.7 Å². The quantitative estimate of drug-likeness (QED) is 0.469. The molecule has 8 nitrogen and oxygen atoms in total. The van der Waals surface area contributed by atoms with Gasteiger partial charge in [-0.1, -0.05) is 11.6 Å². The largest absolute Gasteiger partial charge is 0.369 e. The molecule has 0 aromatic carbocycles. The van der Waals surface area contributed by atoms with E-state index in [1.807, 2.05) is 6.20 Å². The number of hydrogen-bond donors (Lipinski definition) is 0. The van der Waals surface area contributed by atoms with Crippen LogP contribution in [0.4, 0.5) is 5.69 Å². The highest BCUT2D eigenvalue weighted by molar-refractivity contribution is 7.16. The molecule has 10 heteroatoms. The summed E-state index contributed by atoms with van der Waals surface area (Å²) in [6.07, 6.45) is 8.25. The molecule has 0 saturated carbocycles. The molecule has 1 fully saturated rings. The summed E-state index contributed by atoms with van der Waals surface area (Å²) in [5.74, 6) is 0.511. The molecule has 1 aliphatic rings. The van der Waals surface area contributed by atoms with Crippen molar-refractivity contribution in [2.24, 2.45) is 0 Å². The lowest BCUT2D eigenvalue weighted by Crippen LogP contribution is -2.38. The number of hydrogen-bond acceptors (Lipinski definition) is 8. The van der Waals surface area contributed by atoms with Gasteiger partial charge in [0.2, 0.25) is 0 Å². The van der Waals surface area contributed by atoms with Gasteiger partial charge < -0.3 is 4.90 Å². The molecule has 0 atom stereocenters. The lowest BCUT2D eigenvalue weighted by atomic mass is 10.0. The second-order valence-electron chi connectivity index (χ2n) is 6.84. The predicted octanol–water partition coefficient (Wildman–Crippen LogP) is 2.88. The molecule has 0 bridgehead atoms. The van der Waals surface area contributed by atoms with Crippen LogP contribution >= 0.6 is 22.9 Å². The van der Waals surface area contributed by atoms with Crippen LogP contribution < -0.4 is 4.90 Å². The zero-order chi connectivity index (χ0) is 19.8. The number of aromatic nitrogens is 6. The summed E-state index contributed by atoms with van der Waals surface area (Å²) in [7, 11) is 0. The minimum Gasteiger partial charge on any atom is -0.369 e. The van der Waals surface area contributed by atoms with Crippen LogP contribution in [0.5, 0.6) is 0 Å². The number of fused-ring (bicyclic) bond motifs is 1. The second kappa shape index (κ2) is 7.49. The van der Waals surface area contributed by atoms with Crippen LogP contribution in [0.1, 0.15) is 17.5 Å². The van der Waals surface area contributed by atoms with E-state index < -0.39 is 0 Å². The molecule has 4 aromatic rings. The highest BCUT2D eigenvalue weighted by atomic mass is 35.5. The molecule has 0 amide bonds. The van der Waals surface area contributed by atoms with Gasteiger partial charge in [-0.2, -0.15) is 10.2 Å². The van der Waals surface area contributed by atoms with Crippen LogP contribution in [0.2, 0.25) is 5.02 Å². The zero-order valence-electron chi connectivity index (χ0n) is 15.3. The maximum absolute atomic E-state index is 12.8. The first-order valence-electron chi connectivity index (χ1n) is 9.18. The van der Waals surface area contributed by atoms with Gasteiger partial charge >= 0.3 is 0 Å². The molecule has 0 N–H and O–H groups in total. The SMILES string of the molecule is O=C(Cc1cnc(-n2nccn2)c(Cl)c1)Cc1cnc2scnc2c1N1CCC1. The number of pyridine rings is 2. The Morgan fingerprint density at radius 2 is 1.93 bits per heavy atom. The van der Waals surface area contributed by atoms with Gasteiger partial charge in [-0.05, 0) is 18.1 Å². The molecule has 29 heavy (non-hydrogen) atoms. The number of ketones is 1. The Balaban J connectivity index is 1.37. The van der Waals surface area contributed by atoms with Crippen LogP contribution in [0.25, 0.3) is 16.2 Å². The van der Waals surface area contributed by atoms with Crippen molar-refractivity contribution in [3.05, 3.63) is 52.5 Å². The van der Waals surface area contributed by atoms with Crippen LogP contribution in [0.15, 0.2) is 36.4 Å². The minimum atomic E-state index is 0.0750. The van der Waals surface area contributed by atoms with Crippen LogP contribution in [-0.2, 0) is 17.6 Å². The fourth-order valence-corrected chi connectivity index (χ4v) is 4.30. The molecule has 0 spiro atoms. The third-order valence-corrected chi connectivity index (χ3v) is 5.87. The smallest absolute Gasteiger partial charge is 0.193 e. The van der Waals surface area contributed by atoms with Crippen molar-refractivity contribution in [2.45, 2.75) is 19.3 Å². The van der Waals surface area contributed by atoms with E-state index in [0.717, 1.165) is 46.7 Å². The summed E-state index contributed by atoms with van der Waals surface area (Å²) in [5.41, 5.74) is 5.41. The highest BCUT2D eigenvalue weighted by Gasteiger charge is 2.23. The van der Waals surface area contributed by atoms with E-state index in [9.17, 15) is 4.79 Å². The Morgan fingerprint density at radius 3 is 2.66 bits per heavy atom. The maximum atomic E-state index is 12.8. The number of thiazole rings is 1. The number of rotatable bonds is 6. The van der Waals surface area contributed by atoms with Crippen LogP contribution in [-0.4, -0.2) is 48.8 Å². The third-order valence-electron chi connectivity index (χ3n) is 4.86. The van der Waals surface area contributed by atoms with E-state index in [4.69, 9.17) is 11.6 Å². The van der Waals surface area contributed by atoms with Crippen molar-refractivity contribution in [3.63, 3.8) is 0 Å². The van der Waals surface area contributed by atoms with Gasteiger partial charge in [-0.15, -0.1) is 16.1 Å². The Labute approximate surface area is 175 Å². The Kier molecular flexibility index (Phi) is 4.69. The molecule has 0 unspecified atom stereocenters. The predicted molar refractivity (Wildman–Crippen MR) is 111 cm³/mol. The van der Waals surface area contributed by atoms with Gasteiger partial charge in [0.25, 0.3) is 0 Å².